The van der Waals surface area contributed by atoms with Crippen LogP contribution in [0.4, 0.5) is 11.4 Å². The van der Waals surface area contributed by atoms with Gasteiger partial charge in [0, 0.05) is 11.8 Å². The Kier molecular flexibility index (Phi) is 3.59. The van der Waals surface area contributed by atoms with E-state index in [9.17, 15) is 14.9 Å². The second kappa shape index (κ2) is 5.72. The zero-order valence-electron chi connectivity index (χ0n) is 11.7. The number of nitrogens with zero attached hydrogens (tertiary/aromatic N) is 4. The molecule has 116 valence electrons. The number of anilines is 1. The van der Waals surface area contributed by atoms with E-state index >= 15 is 0 Å². The van der Waals surface area contributed by atoms with Gasteiger partial charge in [-0.15, -0.1) is 5.10 Å². The van der Waals surface area contributed by atoms with Crippen LogP contribution >= 0.6 is 0 Å². The maximum absolute atomic E-state index is 11.1. The van der Waals surface area contributed by atoms with Gasteiger partial charge in [-0.3, -0.25) is 10.1 Å². The fraction of sp³-hybridized carbons (Fsp3) is 0.0714. The Morgan fingerprint density at radius 1 is 1.30 bits per heavy atom. The smallest absolute Gasteiger partial charge is 0.342 e. The van der Waals surface area contributed by atoms with Crippen molar-refractivity contribution in [1.82, 2.24) is 15.0 Å². The fourth-order valence-corrected chi connectivity index (χ4v) is 2.18. The number of rotatable bonds is 5. The molecule has 3 rings (SSSR count). The summed E-state index contributed by atoms with van der Waals surface area (Å²) in [5, 5.41) is 30.9. The Labute approximate surface area is 129 Å². The minimum Gasteiger partial charge on any atom is -0.477 e. The van der Waals surface area contributed by atoms with E-state index in [0.717, 1.165) is 17.1 Å². The molecule has 1 heterocycles. The van der Waals surface area contributed by atoms with Crippen molar-refractivity contribution in [2.24, 2.45) is 0 Å². The molecule has 2 aromatic carbocycles. The van der Waals surface area contributed by atoms with Gasteiger partial charge in [-0.2, -0.15) is 0 Å². The van der Waals surface area contributed by atoms with Crippen LogP contribution in [0.5, 0.6) is 0 Å². The highest BCUT2D eigenvalue weighted by atomic mass is 16.6. The zero-order chi connectivity index (χ0) is 16.4. The minimum atomic E-state index is -1.36. The van der Waals surface area contributed by atoms with Crippen LogP contribution in [0.2, 0.25) is 0 Å². The molecule has 0 fully saturated rings. The number of para-hydroxylation sites is 1. The SMILES string of the molecule is O=C(O)c1cc(NCn2nnc3ccccc32)ccc1[N+](=O)[O-]. The highest BCUT2D eigenvalue weighted by Gasteiger charge is 2.19. The molecule has 0 saturated heterocycles. The molecule has 9 heteroatoms. The number of carbonyl (C=O) groups is 1. The Morgan fingerprint density at radius 3 is 2.83 bits per heavy atom. The van der Waals surface area contributed by atoms with Crippen LogP contribution in [0, 0.1) is 10.1 Å². The second-order valence-corrected chi connectivity index (χ2v) is 4.71. The van der Waals surface area contributed by atoms with Crippen LogP contribution in [0.3, 0.4) is 0 Å². The third-order valence-corrected chi connectivity index (χ3v) is 3.28. The van der Waals surface area contributed by atoms with Gasteiger partial charge < -0.3 is 10.4 Å². The molecule has 0 bridgehead atoms. The summed E-state index contributed by atoms with van der Waals surface area (Å²) in [4.78, 5) is 21.2. The summed E-state index contributed by atoms with van der Waals surface area (Å²) in [5.74, 6) is -1.36. The van der Waals surface area contributed by atoms with Crippen LogP contribution in [0.25, 0.3) is 11.0 Å². The maximum atomic E-state index is 11.1. The largest absolute Gasteiger partial charge is 0.477 e. The van der Waals surface area contributed by atoms with Crippen LogP contribution < -0.4 is 5.32 Å². The number of aromatic nitrogens is 3. The van der Waals surface area contributed by atoms with Gasteiger partial charge in [0.1, 0.15) is 17.7 Å². The van der Waals surface area contributed by atoms with Gasteiger partial charge >= 0.3 is 5.97 Å². The number of hydrogen-bond donors (Lipinski definition) is 2. The van der Waals surface area contributed by atoms with Crippen molar-refractivity contribution < 1.29 is 14.8 Å². The van der Waals surface area contributed by atoms with Gasteiger partial charge in [0.2, 0.25) is 0 Å². The van der Waals surface area contributed by atoms with E-state index in [2.05, 4.69) is 15.6 Å². The van der Waals surface area contributed by atoms with Crippen LogP contribution in [-0.2, 0) is 6.67 Å². The molecule has 0 unspecified atom stereocenters. The van der Waals surface area contributed by atoms with E-state index in [0.29, 0.717) is 5.69 Å². The number of aromatic carboxylic acids is 1. The number of carboxylic acid groups (broad SMARTS) is 1. The van der Waals surface area contributed by atoms with Gasteiger partial charge in [-0.25, -0.2) is 9.48 Å². The lowest BCUT2D eigenvalue weighted by atomic mass is 10.1. The third kappa shape index (κ3) is 2.79. The van der Waals surface area contributed by atoms with Crippen molar-refractivity contribution in [2.75, 3.05) is 5.32 Å². The van der Waals surface area contributed by atoms with Crippen LogP contribution in [0.1, 0.15) is 10.4 Å². The van der Waals surface area contributed by atoms with Gasteiger partial charge in [0.05, 0.1) is 10.4 Å². The predicted molar refractivity (Wildman–Crippen MR) is 81.2 cm³/mol. The molecule has 9 nitrogen and oxygen atoms in total. The van der Waals surface area contributed by atoms with Gasteiger partial charge in [0.25, 0.3) is 5.69 Å². The monoisotopic (exact) mass is 313 g/mol. The van der Waals surface area contributed by atoms with Crippen LogP contribution in [0.15, 0.2) is 42.5 Å². The van der Waals surface area contributed by atoms with Crippen molar-refractivity contribution in [3.05, 3.63) is 58.1 Å². The third-order valence-electron chi connectivity index (χ3n) is 3.28. The Balaban J connectivity index is 1.84. The molecule has 3 aromatic rings. The lowest BCUT2D eigenvalue weighted by Crippen LogP contribution is -2.10. The van der Waals surface area contributed by atoms with Crippen LogP contribution in [-0.4, -0.2) is 31.0 Å². The maximum Gasteiger partial charge on any atom is 0.342 e. The number of hydrogen-bond acceptors (Lipinski definition) is 6. The molecule has 0 spiro atoms. The zero-order valence-corrected chi connectivity index (χ0v) is 11.7. The molecular formula is C14H11N5O4. The molecule has 2 N–H and O–H groups in total. The summed E-state index contributed by atoms with van der Waals surface area (Å²) in [6.07, 6.45) is 0. The number of nitro groups is 1. The normalized spacial score (nSPS) is 10.6. The summed E-state index contributed by atoms with van der Waals surface area (Å²) >= 11 is 0. The number of nitrogens with one attached hydrogen (secondary N) is 1. The molecule has 0 radical (unpaired) electrons. The molecule has 0 atom stereocenters. The van der Waals surface area contributed by atoms with E-state index in [1.54, 1.807) is 4.68 Å². The number of nitro benzene ring substituents is 1. The predicted octanol–water partition coefficient (Wildman–Crippen LogP) is 2.11. The van der Waals surface area contributed by atoms with Crippen molar-refractivity contribution in [1.29, 1.82) is 0 Å². The van der Waals surface area contributed by atoms with Gasteiger partial charge in [-0.1, -0.05) is 17.3 Å². The molecule has 23 heavy (non-hydrogen) atoms. The Morgan fingerprint density at radius 2 is 2.09 bits per heavy atom. The highest BCUT2D eigenvalue weighted by molar-refractivity contribution is 5.93. The van der Waals surface area contributed by atoms with Gasteiger partial charge in [-0.05, 0) is 24.3 Å². The highest BCUT2D eigenvalue weighted by Crippen LogP contribution is 2.23. The standard InChI is InChI=1S/C14H11N5O4/c20-14(21)10-7-9(5-6-12(10)19(22)23)15-8-18-13-4-2-1-3-11(13)16-17-18/h1-7,15H,8H2,(H,20,21). The van der Waals surface area contributed by atoms with E-state index in [1.165, 1.54) is 12.1 Å². The molecule has 0 aliphatic rings. The molecule has 0 amide bonds. The number of benzene rings is 2. The van der Waals surface area contributed by atoms with E-state index < -0.39 is 16.6 Å². The first-order chi connectivity index (χ1) is 11.1. The Hall–Kier alpha value is -3.49. The summed E-state index contributed by atoms with van der Waals surface area (Å²) in [6, 6.07) is 11.2. The second-order valence-electron chi connectivity index (χ2n) is 4.71. The lowest BCUT2D eigenvalue weighted by molar-refractivity contribution is -0.385. The number of carboxylic acids is 1. The van der Waals surface area contributed by atoms with Gasteiger partial charge in [0.15, 0.2) is 0 Å². The average molecular weight is 313 g/mol. The summed E-state index contributed by atoms with van der Waals surface area (Å²) < 4.78 is 1.61. The molecule has 0 aliphatic heterocycles. The van der Waals surface area contributed by atoms with Crippen molar-refractivity contribution in [2.45, 2.75) is 6.67 Å². The summed E-state index contributed by atoms with van der Waals surface area (Å²) in [5.41, 5.74) is 1.18. The quantitative estimate of drug-likeness (QED) is 0.546. The summed E-state index contributed by atoms with van der Waals surface area (Å²) in [7, 11) is 0. The Bertz CT molecular complexity index is 905. The van der Waals surface area contributed by atoms with E-state index in [4.69, 9.17) is 5.11 Å². The molecule has 0 saturated carbocycles. The molecular weight excluding hydrogens is 302 g/mol. The summed E-state index contributed by atoms with van der Waals surface area (Å²) in [6.45, 7) is 0.247. The first-order valence-corrected chi connectivity index (χ1v) is 6.60. The fourth-order valence-electron chi connectivity index (χ4n) is 2.18. The lowest BCUT2D eigenvalue weighted by Gasteiger charge is -2.08. The van der Waals surface area contributed by atoms with E-state index in [1.807, 2.05) is 24.3 Å². The topological polar surface area (TPSA) is 123 Å². The van der Waals surface area contributed by atoms with Crippen molar-refractivity contribution in [3.8, 4) is 0 Å². The molecule has 1 aromatic heterocycles. The first-order valence-electron chi connectivity index (χ1n) is 6.60. The minimum absolute atomic E-state index is 0.247. The van der Waals surface area contributed by atoms with Crippen molar-refractivity contribution in [3.63, 3.8) is 0 Å². The first kappa shape index (κ1) is 14.4. The van der Waals surface area contributed by atoms with Crippen molar-refractivity contribution >= 4 is 28.4 Å². The molecule has 0 aliphatic carbocycles. The average Bonchev–Trinajstić information content (AvgIpc) is 2.95. The number of fused-ring (bicyclic) bond motifs is 1. The van der Waals surface area contributed by atoms with E-state index in [-0.39, 0.29) is 12.2 Å².